The fourth-order valence-electron chi connectivity index (χ4n) is 10.1. The van der Waals surface area contributed by atoms with Gasteiger partial charge in [0.1, 0.15) is 6.54 Å². The molecule has 5 nitrogen and oxygen atoms in total. The van der Waals surface area contributed by atoms with E-state index in [1.54, 1.807) is 6.20 Å². The number of hydrogen-bond donors (Lipinski definition) is 1. The quantitative estimate of drug-likeness (QED) is 0.545. The van der Waals surface area contributed by atoms with Crippen LogP contribution in [-0.2, 0) is 11.3 Å². The van der Waals surface area contributed by atoms with Gasteiger partial charge in [-0.1, -0.05) is 27.7 Å². The van der Waals surface area contributed by atoms with Crippen molar-refractivity contribution in [2.24, 2.45) is 52.3 Å². The smallest absolute Gasteiger partial charge is 0.158 e. The molecule has 4 fully saturated rings. The van der Waals surface area contributed by atoms with Gasteiger partial charge in [0.2, 0.25) is 0 Å². The van der Waals surface area contributed by atoms with Gasteiger partial charge in [0.25, 0.3) is 0 Å². The van der Waals surface area contributed by atoms with Crippen molar-refractivity contribution in [3.05, 3.63) is 24.7 Å². The number of aliphatic hydroxyl groups is 1. The molecule has 0 radical (unpaired) electrons. The van der Waals surface area contributed by atoms with Crippen LogP contribution in [0.15, 0.2) is 24.7 Å². The van der Waals surface area contributed by atoms with Crippen molar-refractivity contribution in [1.82, 2.24) is 14.8 Å². The van der Waals surface area contributed by atoms with Gasteiger partial charge in [-0.15, -0.1) is 0 Å². The molecule has 0 saturated heterocycles. The monoisotopic (exact) mass is 491 g/mol. The summed E-state index contributed by atoms with van der Waals surface area (Å²) >= 11 is 0. The summed E-state index contributed by atoms with van der Waals surface area (Å²) in [5.74, 6) is 4.19. The Morgan fingerprint density at radius 1 is 1.08 bits per heavy atom. The van der Waals surface area contributed by atoms with E-state index in [2.05, 4.69) is 44.7 Å². The van der Waals surface area contributed by atoms with Gasteiger partial charge in [-0.05, 0) is 111 Å². The Kier molecular flexibility index (Phi) is 5.72. The molecule has 4 aliphatic carbocycles. The van der Waals surface area contributed by atoms with Crippen molar-refractivity contribution in [3.8, 4) is 0 Å². The van der Waals surface area contributed by atoms with Crippen LogP contribution >= 0.6 is 0 Å². The number of rotatable bonds is 4. The zero-order valence-electron chi connectivity index (χ0n) is 22.9. The molecule has 0 spiro atoms. The van der Waals surface area contributed by atoms with Crippen LogP contribution in [0.4, 0.5) is 0 Å². The van der Waals surface area contributed by atoms with Crippen molar-refractivity contribution >= 4 is 16.7 Å². The Balaban J connectivity index is 1.29. The van der Waals surface area contributed by atoms with Gasteiger partial charge in [0.15, 0.2) is 5.78 Å². The van der Waals surface area contributed by atoms with E-state index < -0.39 is 5.60 Å². The van der Waals surface area contributed by atoms with E-state index in [0.29, 0.717) is 41.4 Å². The van der Waals surface area contributed by atoms with E-state index in [0.717, 1.165) is 42.0 Å². The van der Waals surface area contributed by atoms with E-state index in [1.807, 2.05) is 23.1 Å². The molecule has 6 rings (SSSR count). The molecule has 196 valence electrons. The molecule has 9 atom stereocenters. The van der Waals surface area contributed by atoms with Gasteiger partial charge in [-0.2, -0.15) is 5.10 Å². The number of hydrogen-bond acceptors (Lipinski definition) is 4. The number of ketones is 1. The Hall–Kier alpha value is -1.75. The number of pyridine rings is 1. The van der Waals surface area contributed by atoms with Gasteiger partial charge < -0.3 is 5.11 Å². The summed E-state index contributed by atoms with van der Waals surface area (Å²) in [7, 11) is 0. The molecule has 2 heterocycles. The zero-order chi connectivity index (χ0) is 25.5. The Morgan fingerprint density at radius 2 is 1.89 bits per heavy atom. The minimum absolute atomic E-state index is 0.0811. The zero-order valence-corrected chi connectivity index (χ0v) is 22.9. The molecule has 2 aromatic heterocycles. The lowest BCUT2D eigenvalue weighted by Crippen LogP contribution is -2.55. The minimum Gasteiger partial charge on any atom is -0.390 e. The van der Waals surface area contributed by atoms with E-state index in [4.69, 9.17) is 0 Å². The third kappa shape index (κ3) is 3.62. The average molecular weight is 492 g/mol. The lowest BCUT2D eigenvalue weighted by Gasteiger charge is -2.61. The van der Waals surface area contributed by atoms with Crippen LogP contribution in [0.25, 0.3) is 10.9 Å². The topological polar surface area (TPSA) is 68.0 Å². The normalized spacial score (nSPS) is 44.3. The first-order valence-electron chi connectivity index (χ1n) is 14.5. The molecular weight excluding hydrogens is 446 g/mol. The average Bonchev–Trinajstić information content (AvgIpc) is 3.38. The molecule has 0 bridgehead atoms. The fourth-order valence-corrected chi connectivity index (χ4v) is 10.1. The maximum absolute atomic E-state index is 14.1. The van der Waals surface area contributed by atoms with Crippen LogP contribution in [0.1, 0.15) is 86.0 Å². The number of carbonyl (C=O) groups is 1. The lowest BCUT2D eigenvalue weighted by atomic mass is 9.44. The van der Waals surface area contributed by atoms with Gasteiger partial charge in [0, 0.05) is 17.5 Å². The number of fused-ring (bicyclic) bond motifs is 6. The van der Waals surface area contributed by atoms with Crippen LogP contribution in [0.5, 0.6) is 0 Å². The lowest BCUT2D eigenvalue weighted by molar-refractivity contribution is -0.151. The number of nitrogens with zero attached hydrogens (tertiary/aromatic N) is 3. The van der Waals surface area contributed by atoms with Crippen molar-refractivity contribution in [2.75, 3.05) is 0 Å². The summed E-state index contributed by atoms with van der Waals surface area (Å²) < 4.78 is 1.88. The molecule has 0 amide bonds. The van der Waals surface area contributed by atoms with Crippen molar-refractivity contribution in [2.45, 2.75) is 98.1 Å². The fraction of sp³-hybridized carbons (Fsp3) is 0.774. The summed E-state index contributed by atoms with van der Waals surface area (Å²) in [5.41, 5.74) is 0.899. The Labute approximate surface area is 216 Å². The third-order valence-corrected chi connectivity index (χ3v) is 12.0. The highest BCUT2D eigenvalue weighted by atomic mass is 16.3. The third-order valence-electron chi connectivity index (χ3n) is 12.0. The number of carbonyl (C=O) groups excluding carboxylic acids is 1. The van der Waals surface area contributed by atoms with Crippen LogP contribution in [-0.4, -0.2) is 31.3 Å². The molecule has 4 aliphatic rings. The van der Waals surface area contributed by atoms with Gasteiger partial charge in [0.05, 0.1) is 23.5 Å². The van der Waals surface area contributed by atoms with Gasteiger partial charge in [-0.25, -0.2) is 0 Å². The van der Waals surface area contributed by atoms with Crippen LogP contribution in [0.2, 0.25) is 0 Å². The maximum atomic E-state index is 14.1. The number of Topliss-reactive ketones (excluding diaryl/α,β-unsaturated/α-hetero) is 1. The van der Waals surface area contributed by atoms with Crippen molar-refractivity contribution in [3.63, 3.8) is 0 Å². The highest BCUT2D eigenvalue weighted by molar-refractivity contribution is 5.85. The molecule has 4 saturated carbocycles. The molecule has 0 unspecified atom stereocenters. The first-order chi connectivity index (χ1) is 17.0. The van der Waals surface area contributed by atoms with E-state index >= 15 is 0 Å². The Bertz CT molecular complexity index is 1150. The first-order valence-corrected chi connectivity index (χ1v) is 14.5. The second-order valence-corrected chi connectivity index (χ2v) is 14.2. The van der Waals surface area contributed by atoms with Crippen LogP contribution < -0.4 is 0 Å². The standard InChI is InChI=1S/C31H45N3O2/c1-19(2)23-14-25-22-7-6-21-15-29(3,36)11-12-30(21,4)24(22)8-10-31(25,5)28(23)27(35)18-34-26-17-32-13-9-20(26)16-33-34/h9,13,16-17,19,21-25,28,36H,6-8,10-12,14-15,18H2,1-5H3/t21-,22+,23-,24-,25-,28+,29+,30-,31-/m0/s1. The van der Waals surface area contributed by atoms with Crippen LogP contribution in [0.3, 0.4) is 0 Å². The molecule has 0 aromatic carbocycles. The Morgan fingerprint density at radius 3 is 2.67 bits per heavy atom. The second kappa shape index (κ2) is 8.38. The maximum Gasteiger partial charge on any atom is 0.158 e. The first kappa shape index (κ1) is 24.6. The highest BCUT2D eigenvalue weighted by Crippen LogP contribution is 2.69. The molecule has 5 heteroatoms. The molecule has 0 aliphatic heterocycles. The van der Waals surface area contributed by atoms with E-state index in [1.165, 1.54) is 32.1 Å². The van der Waals surface area contributed by atoms with Crippen LogP contribution in [0, 0.1) is 52.3 Å². The van der Waals surface area contributed by atoms with Gasteiger partial charge >= 0.3 is 0 Å². The summed E-state index contributed by atoms with van der Waals surface area (Å²) in [6, 6.07) is 1.97. The molecular formula is C31H45N3O2. The predicted molar refractivity (Wildman–Crippen MR) is 142 cm³/mol. The minimum atomic E-state index is -0.486. The molecule has 1 N–H and O–H groups in total. The van der Waals surface area contributed by atoms with Crippen molar-refractivity contribution in [1.29, 1.82) is 0 Å². The highest BCUT2D eigenvalue weighted by Gasteiger charge is 2.64. The van der Waals surface area contributed by atoms with Crippen molar-refractivity contribution < 1.29 is 9.90 Å². The predicted octanol–water partition coefficient (Wildman–Crippen LogP) is 6.29. The summed E-state index contributed by atoms with van der Waals surface area (Å²) in [5, 5.41) is 16.4. The van der Waals surface area contributed by atoms with E-state index in [9.17, 15) is 9.90 Å². The summed E-state index contributed by atoms with van der Waals surface area (Å²) in [6.45, 7) is 12.1. The second-order valence-electron chi connectivity index (χ2n) is 14.2. The molecule has 36 heavy (non-hydrogen) atoms. The SMILES string of the molecule is CC(C)[C@@H]1C[C@H]2[C@@H]3CC[C@H]4C[C@](C)(O)CC[C@]4(C)[C@H]3CC[C@]2(C)[C@H]1C(=O)Cn1ncc2ccncc21. The number of aromatic nitrogens is 3. The molecule has 2 aromatic rings. The summed E-state index contributed by atoms with van der Waals surface area (Å²) in [4.78, 5) is 18.4. The largest absolute Gasteiger partial charge is 0.390 e. The van der Waals surface area contributed by atoms with E-state index in [-0.39, 0.29) is 11.3 Å². The summed E-state index contributed by atoms with van der Waals surface area (Å²) in [6.07, 6.45) is 14.7. The van der Waals surface area contributed by atoms with Gasteiger partial charge in [-0.3, -0.25) is 14.5 Å².